The summed E-state index contributed by atoms with van der Waals surface area (Å²) >= 11 is 5.73. The molecular weight excluding hydrogens is 330 g/mol. The summed E-state index contributed by atoms with van der Waals surface area (Å²) < 4.78 is 1.23. The van der Waals surface area contributed by atoms with Gasteiger partial charge < -0.3 is 5.32 Å². The van der Waals surface area contributed by atoms with Crippen LogP contribution in [0, 0.1) is 5.92 Å². The molecule has 112 valence electrons. The smallest absolute Gasteiger partial charge is 0.0231 e. The van der Waals surface area contributed by atoms with Gasteiger partial charge in [0.25, 0.3) is 0 Å². The molecule has 2 rings (SSSR count). The molecule has 0 aliphatic heterocycles. The molecule has 0 atom stereocenters. The summed E-state index contributed by atoms with van der Waals surface area (Å²) in [5, 5.41) is 3.54. The minimum atomic E-state index is 0.162. The molecule has 20 heavy (non-hydrogen) atoms. The van der Waals surface area contributed by atoms with Gasteiger partial charge in [0.1, 0.15) is 0 Å². The predicted molar refractivity (Wildman–Crippen MR) is 93.4 cm³/mol. The number of nitrogens with one attached hydrogen (secondary N) is 1. The zero-order chi connectivity index (χ0) is 14.6. The van der Waals surface area contributed by atoms with Gasteiger partial charge in [0, 0.05) is 27.2 Å². The highest BCUT2D eigenvalue weighted by molar-refractivity contribution is 9.10. The van der Waals surface area contributed by atoms with Gasteiger partial charge in [-0.3, -0.25) is 0 Å². The summed E-state index contributed by atoms with van der Waals surface area (Å²) in [6.45, 7) is 7.52. The maximum absolute atomic E-state index is 3.72. The highest BCUT2D eigenvalue weighted by Crippen LogP contribution is 2.32. The lowest BCUT2D eigenvalue weighted by molar-refractivity contribution is 0.424. The summed E-state index contributed by atoms with van der Waals surface area (Å²) in [7, 11) is 0. The van der Waals surface area contributed by atoms with Crippen molar-refractivity contribution in [1.82, 2.24) is 5.32 Å². The van der Waals surface area contributed by atoms with Crippen molar-refractivity contribution in [2.24, 2.45) is 5.92 Å². The number of halogens is 1. The van der Waals surface area contributed by atoms with Crippen LogP contribution in [-0.4, -0.2) is 11.3 Å². The quantitative estimate of drug-likeness (QED) is 0.687. The average Bonchev–Trinajstić information content (AvgIpc) is 2.87. The molecule has 1 aliphatic rings. The summed E-state index contributed by atoms with van der Waals surface area (Å²) in [4.78, 5) is 1.39. The monoisotopic (exact) mass is 355 g/mol. The van der Waals surface area contributed by atoms with Crippen LogP contribution in [0.15, 0.2) is 27.6 Å². The third-order valence-electron chi connectivity index (χ3n) is 3.79. The predicted octanol–water partition coefficient (Wildman–Crippen LogP) is 5.62. The summed E-state index contributed by atoms with van der Waals surface area (Å²) in [6.07, 6.45) is 5.74. The van der Waals surface area contributed by atoms with E-state index in [1.165, 1.54) is 46.4 Å². The maximum Gasteiger partial charge on any atom is 0.0231 e. The Hall–Kier alpha value is 0.01000. The van der Waals surface area contributed by atoms with Crippen molar-refractivity contribution in [1.29, 1.82) is 0 Å². The zero-order valence-corrected chi connectivity index (χ0v) is 15.2. The Morgan fingerprint density at radius 2 is 1.95 bits per heavy atom. The van der Waals surface area contributed by atoms with E-state index in [0.717, 1.165) is 12.5 Å². The SMILES string of the molecule is CC(C)(C)NCc1ccc(SCC2CCCC2)cc1Br. The number of rotatable bonds is 5. The van der Waals surface area contributed by atoms with Gasteiger partial charge in [0.05, 0.1) is 0 Å². The maximum atomic E-state index is 3.72. The molecule has 1 aliphatic carbocycles. The highest BCUT2D eigenvalue weighted by atomic mass is 79.9. The second kappa shape index (κ2) is 7.33. The lowest BCUT2D eigenvalue weighted by atomic mass is 10.1. The second-order valence-electron chi connectivity index (χ2n) is 6.82. The van der Waals surface area contributed by atoms with Gasteiger partial charge in [-0.1, -0.05) is 34.8 Å². The first-order chi connectivity index (χ1) is 9.44. The fraction of sp³-hybridized carbons (Fsp3) is 0.647. The molecule has 0 amide bonds. The van der Waals surface area contributed by atoms with E-state index in [2.05, 4.69) is 60.2 Å². The van der Waals surface area contributed by atoms with Gasteiger partial charge in [-0.05, 0) is 57.2 Å². The van der Waals surface area contributed by atoms with Crippen LogP contribution in [-0.2, 0) is 6.54 Å². The van der Waals surface area contributed by atoms with Gasteiger partial charge in [0.2, 0.25) is 0 Å². The molecule has 1 aromatic rings. The van der Waals surface area contributed by atoms with Crippen LogP contribution in [0.2, 0.25) is 0 Å². The van der Waals surface area contributed by atoms with Crippen LogP contribution in [0.25, 0.3) is 0 Å². The standard InChI is InChI=1S/C17H26BrNS/c1-17(2,3)19-11-14-8-9-15(10-16(14)18)20-12-13-6-4-5-7-13/h8-10,13,19H,4-7,11-12H2,1-3H3. The van der Waals surface area contributed by atoms with E-state index in [9.17, 15) is 0 Å². The zero-order valence-electron chi connectivity index (χ0n) is 12.8. The first-order valence-electron chi connectivity index (χ1n) is 7.60. The Bertz CT molecular complexity index is 433. The van der Waals surface area contributed by atoms with Gasteiger partial charge >= 0.3 is 0 Å². The van der Waals surface area contributed by atoms with E-state index >= 15 is 0 Å². The lowest BCUT2D eigenvalue weighted by Gasteiger charge is -2.21. The Labute approximate surface area is 136 Å². The minimum Gasteiger partial charge on any atom is -0.308 e. The summed E-state index contributed by atoms with van der Waals surface area (Å²) in [5.74, 6) is 2.23. The molecule has 3 heteroatoms. The Kier molecular flexibility index (Phi) is 6.00. The largest absolute Gasteiger partial charge is 0.308 e. The molecule has 0 unspecified atom stereocenters. The van der Waals surface area contributed by atoms with Crippen LogP contribution >= 0.6 is 27.7 Å². The Morgan fingerprint density at radius 3 is 2.55 bits per heavy atom. The molecule has 1 saturated carbocycles. The third kappa shape index (κ3) is 5.42. The number of hydrogen-bond donors (Lipinski definition) is 1. The van der Waals surface area contributed by atoms with Crippen LogP contribution in [0.1, 0.15) is 52.0 Å². The molecule has 0 spiro atoms. The number of thioether (sulfide) groups is 1. The van der Waals surface area contributed by atoms with E-state index in [1.807, 2.05) is 11.8 Å². The summed E-state index contributed by atoms with van der Waals surface area (Å²) in [6, 6.07) is 6.79. The molecular formula is C17H26BrNS. The van der Waals surface area contributed by atoms with Gasteiger partial charge in [-0.2, -0.15) is 0 Å². The highest BCUT2D eigenvalue weighted by Gasteiger charge is 2.15. The fourth-order valence-corrected chi connectivity index (χ4v) is 4.31. The Balaban J connectivity index is 1.88. The minimum absolute atomic E-state index is 0.162. The molecule has 0 radical (unpaired) electrons. The molecule has 1 aromatic carbocycles. The van der Waals surface area contributed by atoms with Crippen LogP contribution in [0.3, 0.4) is 0 Å². The van der Waals surface area contributed by atoms with Crippen LogP contribution < -0.4 is 5.32 Å². The molecule has 1 N–H and O–H groups in total. The van der Waals surface area contributed by atoms with Crippen LogP contribution in [0.4, 0.5) is 0 Å². The van der Waals surface area contributed by atoms with Crippen molar-refractivity contribution in [3.63, 3.8) is 0 Å². The lowest BCUT2D eigenvalue weighted by Crippen LogP contribution is -2.35. The van der Waals surface area contributed by atoms with E-state index in [0.29, 0.717) is 0 Å². The topological polar surface area (TPSA) is 12.0 Å². The average molecular weight is 356 g/mol. The van der Waals surface area contributed by atoms with E-state index in [4.69, 9.17) is 0 Å². The third-order valence-corrected chi connectivity index (χ3v) is 5.76. The van der Waals surface area contributed by atoms with Crippen molar-refractivity contribution in [3.8, 4) is 0 Å². The van der Waals surface area contributed by atoms with E-state index < -0.39 is 0 Å². The molecule has 0 saturated heterocycles. The molecule has 1 nitrogen and oxygen atoms in total. The van der Waals surface area contributed by atoms with E-state index in [-0.39, 0.29) is 5.54 Å². The first kappa shape index (κ1) is 16.4. The van der Waals surface area contributed by atoms with Gasteiger partial charge in [-0.15, -0.1) is 11.8 Å². The van der Waals surface area contributed by atoms with Crippen molar-refractivity contribution < 1.29 is 0 Å². The molecule has 1 fully saturated rings. The summed E-state index contributed by atoms with van der Waals surface area (Å²) in [5.41, 5.74) is 1.50. The van der Waals surface area contributed by atoms with Crippen molar-refractivity contribution in [2.75, 3.05) is 5.75 Å². The molecule has 0 bridgehead atoms. The number of hydrogen-bond acceptors (Lipinski definition) is 2. The fourth-order valence-electron chi connectivity index (χ4n) is 2.51. The Morgan fingerprint density at radius 1 is 1.25 bits per heavy atom. The van der Waals surface area contributed by atoms with Crippen molar-refractivity contribution in [3.05, 3.63) is 28.2 Å². The molecule has 0 aromatic heterocycles. The number of benzene rings is 1. The van der Waals surface area contributed by atoms with E-state index in [1.54, 1.807) is 0 Å². The second-order valence-corrected chi connectivity index (χ2v) is 8.77. The van der Waals surface area contributed by atoms with Gasteiger partial charge in [0.15, 0.2) is 0 Å². The van der Waals surface area contributed by atoms with Crippen molar-refractivity contribution >= 4 is 27.7 Å². The van der Waals surface area contributed by atoms with Crippen molar-refractivity contribution in [2.45, 2.75) is 63.4 Å². The van der Waals surface area contributed by atoms with Crippen LogP contribution in [0.5, 0.6) is 0 Å². The normalized spacial score (nSPS) is 16.8. The first-order valence-corrected chi connectivity index (χ1v) is 9.38. The molecule has 0 heterocycles. The van der Waals surface area contributed by atoms with Gasteiger partial charge in [-0.25, -0.2) is 0 Å².